The highest BCUT2D eigenvalue weighted by molar-refractivity contribution is 5.29. The van der Waals surface area contributed by atoms with E-state index in [0.29, 0.717) is 11.0 Å². The highest BCUT2D eigenvalue weighted by Crippen LogP contribution is 2.54. The van der Waals surface area contributed by atoms with Crippen LogP contribution in [0.1, 0.15) is 44.1 Å². The molecule has 0 aromatic heterocycles. The number of benzene rings is 1. The topological polar surface area (TPSA) is 3.24 Å². The molecule has 1 heteroatoms. The maximum Gasteiger partial charge on any atom is 0.0204 e. The Hall–Kier alpha value is -0.820. The largest absolute Gasteiger partial charge is 0.304 e. The lowest BCUT2D eigenvalue weighted by Crippen LogP contribution is -2.55. The van der Waals surface area contributed by atoms with Gasteiger partial charge in [-0.2, -0.15) is 0 Å². The van der Waals surface area contributed by atoms with Gasteiger partial charge in [0.25, 0.3) is 0 Å². The van der Waals surface area contributed by atoms with E-state index in [2.05, 4.69) is 49.3 Å². The van der Waals surface area contributed by atoms with E-state index < -0.39 is 0 Å². The first-order valence-corrected chi connectivity index (χ1v) is 6.90. The third-order valence-electron chi connectivity index (χ3n) is 5.54. The van der Waals surface area contributed by atoms with E-state index in [1.165, 1.54) is 38.5 Å². The lowest BCUT2D eigenvalue weighted by atomic mass is 9.54. The van der Waals surface area contributed by atoms with E-state index in [0.717, 1.165) is 0 Å². The van der Waals surface area contributed by atoms with Crippen LogP contribution in [0.2, 0.25) is 0 Å². The van der Waals surface area contributed by atoms with Gasteiger partial charge in [-0.05, 0) is 63.6 Å². The molecule has 0 radical (unpaired) electrons. The summed E-state index contributed by atoms with van der Waals surface area (Å²) in [6, 6.07) is 11.2. The second-order valence-electron chi connectivity index (χ2n) is 6.27. The van der Waals surface area contributed by atoms with Gasteiger partial charge in [0.05, 0.1) is 0 Å². The molecule has 2 bridgehead atoms. The Balaban J connectivity index is 1.87. The summed E-state index contributed by atoms with van der Waals surface area (Å²) in [5.41, 5.74) is 2.63. The van der Waals surface area contributed by atoms with Crippen molar-refractivity contribution in [1.82, 2.24) is 4.90 Å². The molecule has 1 aromatic carbocycles. The first-order chi connectivity index (χ1) is 8.17. The Morgan fingerprint density at radius 2 is 1.35 bits per heavy atom. The number of hydrogen-bond acceptors (Lipinski definition) is 1. The lowest BCUT2D eigenvalue weighted by molar-refractivity contribution is 0.00427. The summed E-state index contributed by atoms with van der Waals surface area (Å²) in [5.74, 6) is 0. The molecule has 3 aliphatic rings. The molecule has 3 saturated carbocycles. The number of fused-ring (bicyclic) bond motifs is 3. The molecule has 0 heterocycles. The van der Waals surface area contributed by atoms with Crippen LogP contribution < -0.4 is 0 Å². The van der Waals surface area contributed by atoms with Crippen molar-refractivity contribution in [3.8, 4) is 0 Å². The summed E-state index contributed by atoms with van der Waals surface area (Å²) in [5, 5.41) is 0. The molecule has 0 amide bonds. The molecule has 0 aliphatic heterocycles. The third-order valence-corrected chi connectivity index (χ3v) is 5.54. The molecule has 0 saturated heterocycles. The van der Waals surface area contributed by atoms with Crippen molar-refractivity contribution >= 4 is 0 Å². The van der Waals surface area contributed by atoms with Crippen LogP contribution in [0.15, 0.2) is 30.3 Å². The number of nitrogens with zero attached hydrogens (tertiary/aromatic N) is 1. The summed E-state index contributed by atoms with van der Waals surface area (Å²) in [7, 11) is 4.53. The van der Waals surface area contributed by atoms with Crippen LogP contribution in [0.25, 0.3) is 0 Å². The summed E-state index contributed by atoms with van der Waals surface area (Å²) in [6.45, 7) is 0. The van der Waals surface area contributed by atoms with Crippen LogP contribution in [-0.4, -0.2) is 24.5 Å². The van der Waals surface area contributed by atoms with Gasteiger partial charge in [-0.15, -0.1) is 0 Å². The van der Waals surface area contributed by atoms with Crippen molar-refractivity contribution < 1.29 is 0 Å². The molecular weight excluding hydrogens is 206 g/mol. The molecule has 3 fully saturated rings. The van der Waals surface area contributed by atoms with Crippen molar-refractivity contribution in [1.29, 1.82) is 0 Å². The van der Waals surface area contributed by atoms with Gasteiger partial charge in [0, 0.05) is 5.54 Å². The zero-order valence-electron chi connectivity index (χ0n) is 11.1. The van der Waals surface area contributed by atoms with Crippen LogP contribution in [0.4, 0.5) is 0 Å². The smallest absolute Gasteiger partial charge is 0.0204 e. The Morgan fingerprint density at radius 3 is 1.82 bits per heavy atom. The maximum absolute atomic E-state index is 2.49. The minimum Gasteiger partial charge on any atom is -0.304 e. The fourth-order valence-corrected chi connectivity index (χ4v) is 4.06. The fourth-order valence-electron chi connectivity index (χ4n) is 4.06. The van der Waals surface area contributed by atoms with Crippen LogP contribution in [0.3, 0.4) is 0 Å². The molecule has 3 aliphatic carbocycles. The summed E-state index contributed by atoms with van der Waals surface area (Å²) in [4.78, 5) is 2.49. The van der Waals surface area contributed by atoms with Gasteiger partial charge < -0.3 is 4.90 Å². The second kappa shape index (κ2) is 3.84. The van der Waals surface area contributed by atoms with Crippen molar-refractivity contribution in [3.63, 3.8) is 0 Å². The predicted molar refractivity (Wildman–Crippen MR) is 72.2 cm³/mol. The van der Waals surface area contributed by atoms with E-state index in [1.807, 2.05) is 0 Å². The van der Waals surface area contributed by atoms with Crippen LogP contribution in [-0.2, 0) is 5.41 Å². The van der Waals surface area contributed by atoms with Crippen LogP contribution in [0, 0.1) is 0 Å². The summed E-state index contributed by atoms with van der Waals surface area (Å²) in [6.07, 6.45) is 8.30. The van der Waals surface area contributed by atoms with Gasteiger partial charge >= 0.3 is 0 Å². The van der Waals surface area contributed by atoms with Crippen molar-refractivity contribution in [2.24, 2.45) is 0 Å². The van der Waals surface area contributed by atoms with Crippen molar-refractivity contribution in [3.05, 3.63) is 35.9 Å². The van der Waals surface area contributed by atoms with E-state index in [1.54, 1.807) is 5.56 Å². The minimum absolute atomic E-state index is 0.513. The van der Waals surface area contributed by atoms with Gasteiger partial charge in [-0.25, -0.2) is 0 Å². The van der Waals surface area contributed by atoms with Gasteiger partial charge in [0.2, 0.25) is 0 Å². The summed E-state index contributed by atoms with van der Waals surface area (Å²) >= 11 is 0. The maximum atomic E-state index is 2.49. The molecule has 0 N–H and O–H groups in total. The Labute approximate surface area is 105 Å². The van der Waals surface area contributed by atoms with E-state index >= 15 is 0 Å². The second-order valence-corrected chi connectivity index (χ2v) is 6.27. The van der Waals surface area contributed by atoms with Crippen molar-refractivity contribution in [2.45, 2.75) is 49.5 Å². The Morgan fingerprint density at radius 1 is 0.824 bits per heavy atom. The normalized spacial score (nSPS) is 36.4. The highest BCUT2D eigenvalue weighted by Gasteiger charge is 2.50. The Kier molecular flexibility index (Phi) is 2.55. The molecule has 4 rings (SSSR count). The Bertz CT molecular complexity index is 369. The molecule has 1 nitrogen and oxygen atoms in total. The molecule has 92 valence electrons. The zero-order valence-corrected chi connectivity index (χ0v) is 11.1. The highest BCUT2D eigenvalue weighted by atomic mass is 15.1. The summed E-state index contributed by atoms with van der Waals surface area (Å²) < 4.78 is 0. The average molecular weight is 229 g/mol. The molecular formula is C16H23N. The van der Waals surface area contributed by atoms with Crippen LogP contribution >= 0.6 is 0 Å². The van der Waals surface area contributed by atoms with Gasteiger partial charge in [-0.3, -0.25) is 0 Å². The van der Waals surface area contributed by atoms with E-state index in [9.17, 15) is 0 Å². The SMILES string of the molecule is CN(C)C12CCC(c3ccccc3)(CC1)CC2. The molecule has 0 atom stereocenters. The minimum atomic E-state index is 0.513. The predicted octanol–water partition coefficient (Wildman–Crippen LogP) is 3.59. The van der Waals surface area contributed by atoms with Gasteiger partial charge in [0.1, 0.15) is 0 Å². The van der Waals surface area contributed by atoms with Crippen LogP contribution in [0.5, 0.6) is 0 Å². The van der Waals surface area contributed by atoms with Gasteiger partial charge in [0.15, 0.2) is 0 Å². The lowest BCUT2D eigenvalue weighted by Gasteiger charge is -2.56. The molecule has 1 aromatic rings. The standard InChI is InChI=1S/C16H23N/c1-17(2)16-11-8-15(9-12-16,10-13-16)14-6-4-3-5-7-14/h3-7H,8-13H2,1-2H3. The van der Waals surface area contributed by atoms with Crippen molar-refractivity contribution in [2.75, 3.05) is 14.1 Å². The molecule has 0 spiro atoms. The van der Waals surface area contributed by atoms with E-state index in [-0.39, 0.29) is 0 Å². The third kappa shape index (κ3) is 1.63. The fraction of sp³-hybridized carbons (Fsp3) is 0.625. The van der Waals surface area contributed by atoms with Gasteiger partial charge in [-0.1, -0.05) is 30.3 Å². The van der Waals surface area contributed by atoms with E-state index in [4.69, 9.17) is 0 Å². The zero-order chi connectivity index (χ0) is 11.9. The number of rotatable bonds is 2. The first-order valence-electron chi connectivity index (χ1n) is 6.90. The first kappa shape index (κ1) is 11.3. The average Bonchev–Trinajstić information content (AvgIpc) is 2.42. The molecule has 0 unspecified atom stereocenters. The monoisotopic (exact) mass is 229 g/mol. The quantitative estimate of drug-likeness (QED) is 0.749. The number of hydrogen-bond donors (Lipinski definition) is 0. The molecule has 17 heavy (non-hydrogen) atoms.